The number of hydrogen-bond acceptors (Lipinski definition) is 4. The lowest BCUT2D eigenvalue weighted by Gasteiger charge is -2.22. The number of ether oxygens (including phenoxy) is 1. The van der Waals surface area contributed by atoms with Gasteiger partial charge in [-0.05, 0) is 31.4 Å². The third-order valence-corrected chi connectivity index (χ3v) is 3.69. The standard InChI is InChI=1S/C15H24N2O4/c18-14(17-12-15(19)6-1-2-7-15)16-8-4-9-20-11-13-5-3-10-21-13/h3,5,10,19H,1-2,4,6-9,11-12H2,(H2,16,17,18). The molecule has 3 N–H and O–H groups in total. The molecule has 1 aliphatic rings. The van der Waals surface area contributed by atoms with E-state index >= 15 is 0 Å². The van der Waals surface area contributed by atoms with Gasteiger partial charge in [0.2, 0.25) is 0 Å². The summed E-state index contributed by atoms with van der Waals surface area (Å²) in [6.45, 7) is 1.88. The Morgan fingerprint density at radius 2 is 2.19 bits per heavy atom. The summed E-state index contributed by atoms with van der Waals surface area (Å²) < 4.78 is 10.6. The maximum absolute atomic E-state index is 11.6. The van der Waals surface area contributed by atoms with Gasteiger partial charge in [-0.25, -0.2) is 4.79 Å². The van der Waals surface area contributed by atoms with E-state index in [-0.39, 0.29) is 6.03 Å². The zero-order valence-electron chi connectivity index (χ0n) is 12.3. The van der Waals surface area contributed by atoms with E-state index in [1.165, 1.54) is 0 Å². The van der Waals surface area contributed by atoms with Crippen molar-refractivity contribution in [2.45, 2.75) is 44.3 Å². The van der Waals surface area contributed by atoms with Crippen LogP contribution in [0.15, 0.2) is 22.8 Å². The van der Waals surface area contributed by atoms with Gasteiger partial charge in [-0.3, -0.25) is 0 Å². The van der Waals surface area contributed by atoms with Gasteiger partial charge in [-0.2, -0.15) is 0 Å². The van der Waals surface area contributed by atoms with Gasteiger partial charge in [0, 0.05) is 19.7 Å². The van der Waals surface area contributed by atoms with Crippen molar-refractivity contribution >= 4 is 6.03 Å². The molecule has 0 aromatic carbocycles. The molecular weight excluding hydrogens is 272 g/mol. The van der Waals surface area contributed by atoms with Crippen LogP contribution in [0.3, 0.4) is 0 Å². The SMILES string of the molecule is O=C(NCCCOCc1ccco1)NCC1(O)CCCC1. The predicted molar refractivity (Wildman–Crippen MR) is 77.8 cm³/mol. The minimum absolute atomic E-state index is 0.235. The van der Waals surface area contributed by atoms with Crippen molar-refractivity contribution < 1.29 is 19.1 Å². The number of rotatable bonds is 8. The third kappa shape index (κ3) is 5.77. The second kappa shape index (κ2) is 8.05. The van der Waals surface area contributed by atoms with Crippen molar-refractivity contribution in [2.24, 2.45) is 0 Å². The van der Waals surface area contributed by atoms with Crippen molar-refractivity contribution in [1.29, 1.82) is 0 Å². The maximum Gasteiger partial charge on any atom is 0.314 e. The first-order valence-corrected chi connectivity index (χ1v) is 7.52. The second-order valence-electron chi connectivity index (χ2n) is 5.53. The third-order valence-electron chi connectivity index (χ3n) is 3.69. The Labute approximate surface area is 124 Å². The van der Waals surface area contributed by atoms with E-state index in [0.717, 1.165) is 37.9 Å². The smallest absolute Gasteiger partial charge is 0.314 e. The van der Waals surface area contributed by atoms with E-state index in [1.807, 2.05) is 12.1 Å². The zero-order chi connectivity index (χ0) is 15.0. The van der Waals surface area contributed by atoms with Crippen LogP contribution in [0, 0.1) is 0 Å². The van der Waals surface area contributed by atoms with E-state index in [9.17, 15) is 9.90 Å². The van der Waals surface area contributed by atoms with Crippen LogP contribution < -0.4 is 10.6 Å². The summed E-state index contributed by atoms with van der Waals surface area (Å²) >= 11 is 0. The molecule has 6 heteroatoms. The lowest BCUT2D eigenvalue weighted by molar-refractivity contribution is 0.0500. The molecule has 1 saturated carbocycles. The van der Waals surface area contributed by atoms with E-state index < -0.39 is 5.60 Å². The van der Waals surface area contributed by atoms with Crippen LogP contribution in [0.25, 0.3) is 0 Å². The maximum atomic E-state index is 11.6. The summed E-state index contributed by atoms with van der Waals surface area (Å²) in [5, 5.41) is 15.6. The van der Waals surface area contributed by atoms with Crippen LogP contribution in [0.2, 0.25) is 0 Å². The molecule has 118 valence electrons. The highest BCUT2D eigenvalue weighted by atomic mass is 16.5. The van der Waals surface area contributed by atoms with Crippen molar-refractivity contribution in [3.63, 3.8) is 0 Å². The molecule has 6 nitrogen and oxygen atoms in total. The van der Waals surface area contributed by atoms with Crippen molar-refractivity contribution in [2.75, 3.05) is 19.7 Å². The highest BCUT2D eigenvalue weighted by Gasteiger charge is 2.31. The first-order chi connectivity index (χ1) is 10.2. The van der Waals surface area contributed by atoms with Gasteiger partial charge in [0.15, 0.2) is 0 Å². The highest BCUT2D eigenvalue weighted by molar-refractivity contribution is 5.73. The topological polar surface area (TPSA) is 83.7 Å². The van der Waals surface area contributed by atoms with E-state index in [0.29, 0.717) is 26.3 Å². The summed E-state index contributed by atoms with van der Waals surface area (Å²) in [4.78, 5) is 11.6. The van der Waals surface area contributed by atoms with Gasteiger partial charge in [-0.15, -0.1) is 0 Å². The Hall–Kier alpha value is -1.53. The first-order valence-electron chi connectivity index (χ1n) is 7.52. The summed E-state index contributed by atoms with van der Waals surface area (Å²) in [7, 11) is 0. The van der Waals surface area contributed by atoms with E-state index in [1.54, 1.807) is 6.26 Å². The Morgan fingerprint density at radius 1 is 1.38 bits per heavy atom. The molecule has 0 saturated heterocycles. The van der Waals surface area contributed by atoms with Crippen LogP contribution >= 0.6 is 0 Å². The number of amides is 2. The van der Waals surface area contributed by atoms with E-state index in [4.69, 9.17) is 9.15 Å². The molecule has 0 unspecified atom stereocenters. The fraction of sp³-hybridized carbons (Fsp3) is 0.667. The Balaban J connectivity index is 1.45. The monoisotopic (exact) mass is 296 g/mol. The largest absolute Gasteiger partial charge is 0.467 e. The van der Waals surface area contributed by atoms with Gasteiger partial charge in [0.1, 0.15) is 12.4 Å². The molecule has 1 fully saturated rings. The van der Waals surface area contributed by atoms with Crippen molar-refractivity contribution in [3.8, 4) is 0 Å². The number of hydrogen-bond donors (Lipinski definition) is 3. The average molecular weight is 296 g/mol. The van der Waals surface area contributed by atoms with Gasteiger partial charge < -0.3 is 24.9 Å². The summed E-state index contributed by atoms with van der Waals surface area (Å²) in [5.74, 6) is 0.797. The minimum Gasteiger partial charge on any atom is -0.467 e. The highest BCUT2D eigenvalue weighted by Crippen LogP contribution is 2.28. The molecule has 0 atom stereocenters. The summed E-state index contributed by atoms with van der Waals surface area (Å²) in [5.41, 5.74) is -0.705. The number of furan rings is 1. The van der Waals surface area contributed by atoms with Crippen LogP contribution in [-0.2, 0) is 11.3 Å². The minimum atomic E-state index is -0.705. The molecule has 21 heavy (non-hydrogen) atoms. The number of urea groups is 1. The number of carbonyl (C=O) groups excluding carboxylic acids is 1. The van der Waals surface area contributed by atoms with E-state index in [2.05, 4.69) is 10.6 Å². The Kier molecular flexibility index (Phi) is 6.07. The normalized spacial score (nSPS) is 16.8. The molecule has 0 radical (unpaired) electrons. The average Bonchev–Trinajstić information content (AvgIpc) is 3.13. The molecule has 2 amide bonds. The number of aliphatic hydroxyl groups is 1. The van der Waals surface area contributed by atoms with Crippen LogP contribution in [0.5, 0.6) is 0 Å². The molecule has 0 bridgehead atoms. The van der Waals surface area contributed by atoms with Gasteiger partial charge in [0.25, 0.3) is 0 Å². The predicted octanol–water partition coefficient (Wildman–Crippen LogP) is 1.79. The Bertz CT molecular complexity index is 413. The van der Waals surface area contributed by atoms with Gasteiger partial charge in [0.05, 0.1) is 11.9 Å². The molecule has 1 aromatic heterocycles. The second-order valence-corrected chi connectivity index (χ2v) is 5.53. The Morgan fingerprint density at radius 3 is 2.90 bits per heavy atom. The van der Waals surface area contributed by atoms with Crippen LogP contribution in [0.4, 0.5) is 4.79 Å². The fourth-order valence-corrected chi connectivity index (χ4v) is 2.46. The summed E-state index contributed by atoms with van der Waals surface area (Å²) in [6, 6.07) is 3.45. The van der Waals surface area contributed by atoms with Crippen LogP contribution in [0.1, 0.15) is 37.9 Å². The lowest BCUT2D eigenvalue weighted by atomic mass is 10.0. The van der Waals surface area contributed by atoms with Crippen LogP contribution in [-0.4, -0.2) is 36.4 Å². The molecule has 2 rings (SSSR count). The quantitative estimate of drug-likeness (QED) is 0.639. The number of carbonyl (C=O) groups is 1. The van der Waals surface area contributed by atoms with Crippen molar-refractivity contribution in [3.05, 3.63) is 24.2 Å². The molecule has 1 heterocycles. The number of nitrogens with one attached hydrogen (secondary N) is 2. The van der Waals surface area contributed by atoms with Gasteiger partial charge >= 0.3 is 6.03 Å². The molecular formula is C15H24N2O4. The zero-order valence-corrected chi connectivity index (χ0v) is 12.3. The fourth-order valence-electron chi connectivity index (χ4n) is 2.46. The van der Waals surface area contributed by atoms with Crippen molar-refractivity contribution in [1.82, 2.24) is 10.6 Å². The summed E-state index contributed by atoms with van der Waals surface area (Å²) in [6.07, 6.45) is 5.96. The molecule has 0 aliphatic heterocycles. The lowest BCUT2D eigenvalue weighted by Crippen LogP contribution is -2.45. The first kappa shape index (κ1) is 15.9. The molecule has 0 spiro atoms. The van der Waals surface area contributed by atoms with Gasteiger partial charge in [-0.1, -0.05) is 12.8 Å². The molecule has 1 aliphatic carbocycles. The molecule has 1 aromatic rings.